The molecule has 1 unspecified atom stereocenters. The largest absolute Gasteiger partial charge is 0.382 e. The van der Waals surface area contributed by atoms with E-state index in [4.69, 9.17) is 4.74 Å². The van der Waals surface area contributed by atoms with Crippen LogP contribution in [0, 0.1) is 12.8 Å². The molecule has 0 aliphatic heterocycles. The highest BCUT2D eigenvalue weighted by molar-refractivity contribution is 5.31. The summed E-state index contributed by atoms with van der Waals surface area (Å²) in [5.41, 5.74) is 1.17. The summed E-state index contributed by atoms with van der Waals surface area (Å²) in [6, 6.07) is 7.91. The second-order valence-electron chi connectivity index (χ2n) is 4.33. The highest BCUT2D eigenvalue weighted by Gasteiger charge is 2.34. The second kappa shape index (κ2) is 4.77. The summed E-state index contributed by atoms with van der Waals surface area (Å²) >= 11 is 0. The Balaban J connectivity index is 3.15. The third kappa shape index (κ3) is 2.39. The summed E-state index contributed by atoms with van der Waals surface area (Å²) in [6.45, 7) is 6.35. The molecule has 0 amide bonds. The van der Waals surface area contributed by atoms with Gasteiger partial charge in [-0.3, -0.25) is 0 Å². The van der Waals surface area contributed by atoms with Crippen LogP contribution in [0.25, 0.3) is 0 Å². The van der Waals surface area contributed by atoms with Gasteiger partial charge in [0, 0.05) is 7.11 Å². The third-order valence-corrected chi connectivity index (χ3v) is 2.93. The van der Waals surface area contributed by atoms with Gasteiger partial charge in [0.15, 0.2) is 0 Å². The molecule has 0 aliphatic rings. The van der Waals surface area contributed by atoms with Crippen LogP contribution in [0.2, 0.25) is 0 Å². The van der Waals surface area contributed by atoms with Crippen LogP contribution in [-0.4, -0.2) is 18.8 Å². The molecule has 15 heavy (non-hydrogen) atoms. The Morgan fingerprint density at radius 3 is 2.40 bits per heavy atom. The van der Waals surface area contributed by atoms with Crippen molar-refractivity contribution in [1.29, 1.82) is 0 Å². The highest BCUT2D eigenvalue weighted by atomic mass is 16.5. The molecule has 0 radical (unpaired) electrons. The van der Waals surface area contributed by atoms with Gasteiger partial charge < -0.3 is 9.84 Å². The number of aliphatic hydroxyl groups is 1. The van der Waals surface area contributed by atoms with Gasteiger partial charge in [-0.25, -0.2) is 0 Å². The number of hydrogen-bond acceptors (Lipinski definition) is 2. The predicted octanol–water partition coefficient (Wildman–Crippen LogP) is 2.49. The van der Waals surface area contributed by atoms with Crippen LogP contribution in [0.15, 0.2) is 24.3 Å². The van der Waals surface area contributed by atoms with Gasteiger partial charge in [-0.2, -0.15) is 0 Å². The van der Waals surface area contributed by atoms with Crippen LogP contribution in [0.4, 0.5) is 0 Å². The monoisotopic (exact) mass is 208 g/mol. The van der Waals surface area contributed by atoms with Crippen molar-refractivity contribution in [3.05, 3.63) is 35.4 Å². The summed E-state index contributed by atoms with van der Waals surface area (Å²) in [5, 5.41) is 10.6. The molecule has 0 heterocycles. The van der Waals surface area contributed by atoms with Gasteiger partial charge in [0.1, 0.15) is 5.60 Å². The van der Waals surface area contributed by atoms with Crippen molar-refractivity contribution in [3.8, 4) is 0 Å². The maximum Gasteiger partial charge on any atom is 0.115 e. The van der Waals surface area contributed by atoms with E-state index in [2.05, 4.69) is 0 Å². The second-order valence-corrected chi connectivity index (χ2v) is 4.33. The Labute approximate surface area is 91.9 Å². The molecule has 1 aromatic rings. The SMILES string of the molecule is COCC(O)(c1ccccc1C)C(C)C. The Kier molecular flexibility index (Phi) is 3.89. The average molecular weight is 208 g/mol. The van der Waals surface area contributed by atoms with Crippen LogP contribution in [-0.2, 0) is 10.3 Å². The number of rotatable bonds is 4. The minimum Gasteiger partial charge on any atom is -0.382 e. The lowest BCUT2D eigenvalue weighted by Gasteiger charge is -2.33. The van der Waals surface area contributed by atoms with E-state index < -0.39 is 5.60 Å². The summed E-state index contributed by atoms with van der Waals surface area (Å²) in [7, 11) is 1.62. The van der Waals surface area contributed by atoms with E-state index in [0.29, 0.717) is 6.61 Å². The standard InChI is InChI=1S/C13H20O2/c1-10(2)13(14,9-15-4)12-8-6-5-7-11(12)3/h5-8,10,14H,9H2,1-4H3. The third-order valence-electron chi connectivity index (χ3n) is 2.93. The maximum atomic E-state index is 10.6. The highest BCUT2D eigenvalue weighted by Crippen LogP contribution is 2.31. The molecule has 1 atom stereocenters. The van der Waals surface area contributed by atoms with E-state index in [1.165, 1.54) is 0 Å². The van der Waals surface area contributed by atoms with Crippen molar-refractivity contribution in [1.82, 2.24) is 0 Å². The summed E-state index contributed by atoms with van der Waals surface area (Å²) in [6.07, 6.45) is 0. The fourth-order valence-electron chi connectivity index (χ4n) is 1.83. The van der Waals surface area contributed by atoms with Gasteiger partial charge in [-0.05, 0) is 24.0 Å². The van der Waals surface area contributed by atoms with E-state index in [-0.39, 0.29) is 5.92 Å². The molecule has 0 saturated heterocycles. The molecule has 0 bridgehead atoms. The van der Waals surface area contributed by atoms with E-state index >= 15 is 0 Å². The average Bonchev–Trinajstić information content (AvgIpc) is 2.18. The minimum atomic E-state index is -0.889. The molecule has 0 aliphatic carbocycles. The summed E-state index contributed by atoms with van der Waals surface area (Å²) < 4.78 is 5.13. The minimum absolute atomic E-state index is 0.124. The lowest BCUT2D eigenvalue weighted by molar-refractivity contribution is -0.0704. The van der Waals surface area contributed by atoms with Crippen molar-refractivity contribution in [2.24, 2.45) is 5.92 Å². The number of methoxy groups -OCH3 is 1. The van der Waals surface area contributed by atoms with Crippen LogP contribution in [0.1, 0.15) is 25.0 Å². The Morgan fingerprint density at radius 2 is 1.93 bits per heavy atom. The Hall–Kier alpha value is -0.860. The lowest BCUT2D eigenvalue weighted by Crippen LogP contribution is -2.37. The van der Waals surface area contributed by atoms with E-state index in [0.717, 1.165) is 11.1 Å². The molecule has 2 heteroatoms. The topological polar surface area (TPSA) is 29.5 Å². The van der Waals surface area contributed by atoms with Gasteiger partial charge in [0.2, 0.25) is 0 Å². The fraction of sp³-hybridized carbons (Fsp3) is 0.538. The first-order valence-corrected chi connectivity index (χ1v) is 5.29. The van der Waals surface area contributed by atoms with Crippen LogP contribution >= 0.6 is 0 Å². The maximum absolute atomic E-state index is 10.6. The quantitative estimate of drug-likeness (QED) is 0.823. The van der Waals surface area contributed by atoms with Crippen molar-refractivity contribution in [3.63, 3.8) is 0 Å². The first-order valence-electron chi connectivity index (χ1n) is 5.29. The predicted molar refractivity (Wildman–Crippen MR) is 61.8 cm³/mol. The molecule has 0 saturated carbocycles. The molecule has 0 fully saturated rings. The number of benzene rings is 1. The summed E-state index contributed by atoms with van der Waals surface area (Å²) in [5.74, 6) is 0.124. The molecule has 1 aromatic carbocycles. The van der Waals surface area contributed by atoms with Gasteiger partial charge in [-0.1, -0.05) is 38.1 Å². The normalized spacial score (nSPS) is 15.3. The van der Waals surface area contributed by atoms with Crippen molar-refractivity contribution >= 4 is 0 Å². The molecule has 0 spiro atoms. The van der Waals surface area contributed by atoms with Crippen LogP contribution in [0.3, 0.4) is 0 Å². The van der Waals surface area contributed by atoms with Crippen LogP contribution < -0.4 is 0 Å². The number of aryl methyl sites for hydroxylation is 1. The molecular weight excluding hydrogens is 188 g/mol. The zero-order valence-electron chi connectivity index (χ0n) is 9.95. The zero-order valence-corrected chi connectivity index (χ0v) is 9.95. The van der Waals surface area contributed by atoms with Gasteiger partial charge in [0.25, 0.3) is 0 Å². The van der Waals surface area contributed by atoms with Crippen molar-refractivity contribution in [2.45, 2.75) is 26.4 Å². The van der Waals surface area contributed by atoms with Crippen molar-refractivity contribution in [2.75, 3.05) is 13.7 Å². The molecule has 0 aromatic heterocycles. The molecular formula is C13H20O2. The fourth-order valence-corrected chi connectivity index (χ4v) is 1.83. The molecule has 1 N–H and O–H groups in total. The lowest BCUT2D eigenvalue weighted by atomic mass is 9.82. The van der Waals surface area contributed by atoms with Crippen molar-refractivity contribution < 1.29 is 9.84 Å². The summed E-state index contributed by atoms with van der Waals surface area (Å²) in [4.78, 5) is 0. The number of hydrogen-bond donors (Lipinski definition) is 1. The van der Waals surface area contributed by atoms with Gasteiger partial charge >= 0.3 is 0 Å². The van der Waals surface area contributed by atoms with E-state index in [1.807, 2.05) is 45.0 Å². The molecule has 2 nitrogen and oxygen atoms in total. The molecule has 84 valence electrons. The van der Waals surface area contributed by atoms with Crippen LogP contribution in [0.5, 0.6) is 0 Å². The van der Waals surface area contributed by atoms with E-state index in [9.17, 15) is 5.11 Å². The number of ether oxygens (including phenoxy) is 1. The first-order chi connectivity index (χ1) is 7.02. The Morgan fingerprint density at radius 1 is 1.33 bits per heavy atom. The Bertz CT molecular complexity index is 320. The van der Waals surface area contributed by atoms with Gasteiger partial charge in [0.05, 0.1) is 6.61 Å². The first kappa shape index (κ1) is 12.2. The van der Waals surface area contributed by atoms with Gasteiger partial charge in [-0.15, -0.1) is 0 Å². The smallest absolute Gasteiger partial charge is 0.115 e. The molecule has 1 rings (SSSR count). The zero-order chi connectivity index (χ0) is 11.5. The van der Waals surface area contributed by atoms with E-state index in [1.54, 1.807) is 7.11 Å².